The van der Waals surface area contributed by atoms with Crippen LogP contribution in [0.2, 0.25) is 0 Å². The average molecular weight is 342 g/mol. The summed E-state index contributed by atoms with van der Waals surface area (Å²) in [7, 11) is -3.57. The van der Waals surface area contributed by atoms with Gasteiger partial charge in [-0.2, -0.15) is 0 Å². The Morgan fingerprint density at radius 3 is 2.32 bits per heavy atom. The van der Waals surface area contributed by atoms with E-state index >= 15 is 0 Å². The highest BCUT2D eigenvalue weighted by molar-refractivity contribution is 9.10. The Bertz CT molecular complexity index is 669. The lowest BCUT2D eigenvalue weighted by Gasteiger charge is -2.08. The highest BCUT2D eigenvalue weighted by Crippen LogP contribution is 2.18. The molecule has 0 aliphatic carbocycles. The zero-order chi connectivity index (χ0) is 13.9. The number of aromatic hydroxyl groups is 1. The van der Waals surface area contributed by atoms with Gasteiger partial charge in [0.05, 0.1) is 4.90 Å². The molecule has 2 rings (SSSR count). The molecule has 2 N–H and O–H groups in total. The summed E-state index contributed by atoms with van der Waals surface area (Å²) in [5.74, 6) is 0.0322. The predicted molar refractivity (Wildman–Crippen MR) is 76.3 cm³/mol. The van der Waals surface area contributed by atoms with Gasteiger partial charge in [-0.1, -0.05) is 34.1 Å². The molecule has 0 saturated heterocycles. The molecule has 100 valence electrons. The minimum atomic E-state index is -3.57. The lowest BCUT2D eigenvalue weighted by molar-refractivity contribution is 0.474. The largest absolute Gasteiger partial charge is 0.508 e. The second kappa shape index (κ2) is 5.73. The number of sulfonamides is 1. The SMILES string of the molecule is O=S(=O)(NCc1ccccc1Br)c1ccc(O)cc1. The first-order valence-corrected chi connectivity index (χ1v) is 7.79. The Morgan fingerprint density at radius 2 is 1.68 bits per heavy atom. The van der Waals surface area contributed by atoms with Gasteiger partial charge in [0.2, 0.25) is 10.0 Å². The minimum Gasteiger partial charge on any atom is -0.508 e. The maximum absolute atomic E-state index is 12.0. The van der Waals surface area contributed by atoms with Crippen molar-refractivity contribution in [3.8, 4) is 5.75 Å². The molecule has 0 fully saturated rings. The van der Waals surface area contributed by atoms with Crippen LogP contribution < -0.4 is 4.72 Å². The van der Waals surface area contributed by atoms with E-state index in [9.17, 15) is 8.42 Å². The van der Waals surface area contributed by atoms with Gasteiger partial charge in [0.1, 0.15) is 5.75 Å². The van der Waals surface area contributed by atoms with Crippen molar-refractivity contribution in [1.82, 2.24) is 4.72 Å². The number of phenols is 1. The van der Waals surface area contributed by atoms with Crippen molar-refractivity contribution in [3.63, 3.8) is 0 Å². The Hall–Kier alpha value is -1.37. The molecule has 2 aromatic rings. The molecule has 0 aromatic heterocycles. The van der Waals surface area contributed by atoms with E-state index in [1.807, 2.05) is 24.3 Å². The fraction of sp³-hybridized carbons (Fsp3) is 0.0769. The van der Waals surface area contributed by atoms with Crippen molar-refractivity contribution in [2.24, 2.45) is 0 Å². The molecule has 0 aliphatic rings. The normalized spacial score (nSPS) is 11.4. The van der Waals surface area contributed by atoms with Crippen molar-refractivity contribution in [2.45, 2.75) is 11.4 Å². The Labute approximate surface area is 120 Å². The maximum atomic E-state index is 12.0. The Kier molecular flexibility index (Phi) is 4.24. The third kappa shape index (κ3) is 3.56. The standard InChI is InChI=1S/C13H12BrNO3S/c14-13-4-2-1-3-10(13)9-15-19(17,18)12-7-5-11(16)6-8-12/h1-8,15-16H,9H2. The van der Waals surface area contributed by atoms with Crippen molar-refractivity contribution in [3.05, 3.63) is 58.6 Å². The van der Waals surface area contributed by atoms with E-state index in [4.69, 9.17) is 5.11 Å². The van der Waals surface area contributed by atoms with Gasteiger partial charge < -0.3 is 5.11 Å². The minimum absolute atomic E-state index is 0.0322. The topological polar surface area (TPSA) is 66.4 Å². The molecule has 6 heteroatoms. The van der Waals surface area contributed by atoms with E-state index < -0.39 is 10.0 Å². The summed E-state index contributed by atoms with van der Waals surface area (Å²) < 4.78 is 27.4. The van der Waals surface area contributed by atoms with E-state index in [1.54, 1.807) is 0 Å². The van der Waals surface area contributed by atoms with E-state index in [0.717, 1.165) is 10.0 Å². The number of rotatable bonds is 4. The van der Waals surface area contributed by atoms with Crippen LogP contribution in [0.1, 0.15) is 5.56 Å². The third-order valence-corrected chi connectivity index (χ3v) is 4.75. The van der Waals surface area contributed by atoms with Gasteiger partial charge in [-0.3, -0.25) is 0 Å². The van der Waals surface area contributed by atoms with Crippen LogP contribution in [0.25, 0.3) is 0 Å². The number of halogens is 1. The molecule has 0 bridgehead atoms. The summed E-state index contributed by atoms with van der Waals surface area (Å²) >= 11 is 3.36. The predicted octanol–water partition coefficient (Wildman–Crippen LogP) is 2.63. The Morgan fingerprint density at radius 1 is 1.05 bits per heavy atom. The van der Waals surface area contributed by atoms with E-state index in [0.29, 0.717) is 0 Å². The summed E-state index contributed by atoms with van der Waals surface area (Å²) in [6.07, 6.45) is 0. The molecule has 0 amide bonds. The first-order valence-electron chi connectivity index (χ1n) is 5.51. The first kappa shape index (κ1) is 14.0. The summed E-state index contributed by atoms with van der Waals surface area (Å²) in [5, 5.41) is 9.15. The average Bonchev–Trinajstić information content (AvgIpc) is 2.38. The smallest absolute Gasteiger partial charge is 0.240 e. The van der Waals surface area contributed by atoms with Crippen LogP contribution in [-0.4, -0.2) is 13.5 Å². The van der Waals surface area contributed by atoms with E-state index in [2.05, 4.69) is 20.7 Å². The summed E-state index contributed by atoms with van der Waals surface area (Å²) in [5.41, 5.74) is 0.852. The zero-order valence-electron chi connectivity index (χ0n) is 9.88. The highest BCUT2D eigenvalue weighted by Gasteiger charge is 2.13. The summed E-state index contributed by atoms with van der Waals surface area (Å²) in [6, 6.07) is 12.8. The molecule has 0 aliphatic heterocycles. The summed E-state index contributed by atoms with van der Waals surface area (Å²) in [4.78, 5) is 0.123. The van der Waals surface area contributed by atoms with Crippen LogP contribution in [0.5, 0.6) is 5.75 Å². The van der Waals surface area contributed by atoms with Crippen LogP contribution in [-0.2, 0) is 16.6 Å². The highest BCUT2D eigenvalue weighted by atomic mass is 79.9. The van der Waals surface area contributed by atoms with Gasteiger partial charge in [0, 0.05) is 11.0 Å². The van der Waals surface area contributed by atoms with Crippen molar-refractivity contribution >= 4 is 26.0 Å². The van der Waals surface area contributed by atoms with Gasteiger partial charge in [0.25, 0.3) is 0 Å². The Balaban J connectivity index is 2.14. The lowest BCUT2D eigenvalue weighted by atomic mass is 10.2. The number of benzene rings is 2. The van der Waals surface area contributed by atoms with Crippen LogP contribution in [0.3, 0.4) is 0 Å². The maximum Gasteiger partial charge on any atom is 0.240 e. The van der Waals surface area contributed by atoms with Crippen LogP contribution in [0.15, 0.2) is 57.9 Å². The van der Waals surface area contributed by atoms with Gasteiger partial charge in [-0.25, -0.2) is 13.1 Å². The first-order chi connectivity index (χ1) is 8.99. The molecular weight excluding hydrogens is 330 g/mol. The second-order valence-corrected chi connectivity index (χ2v) is 6.53. The molecule has 2 aromatic carbocycles. The number of hydrogen-bond donors (Lipinski definition) is 2. The van der Waals surface area contributed by atoms with Gasteiger partial charge in [0.15, 0.2) is 0 Å². The van der Waals surface area contributed by atoms with Crippen molar-refractivity contribution in [1.29, 1.82) is 0 Å². The second-order valence-electron chi connectivity index (χ2n) is 3.91. The van der Waals surface area contributed by atoms with E-state index in [1.165, 1.54) is 24.3 Å². The zero-order valence-corrected chi connectivity index (χ0v) is 12.3. The number of hydrogen-bond acceptors (Lipinski definition) is 3. The van der Waals surface area contributed by atoms with E-state index in [-0.39, 0.29) is 17.2 Å². The molecule has 0 spiro atoms. The fourth-order valence-corrected chi connectivity index (χ4v) is 2.95. The molecule has 0 unspecified atom stereocenters. The molecule has 0 atom stereocenters. The van der Waals surface area contributed by atoms with Gasteiger partial charge in [-0.15, -0.1) is 0 Å². The molecule has 4 nitrogen and oxygen atoms in total. The summed E-state index contributed by atoms with van der Waals surface area (Å²) in [6.45, 7) is 0.199. The number of nitrogens with one attached hydrogen (secondary N) is 1. The molecular formula is C13H12BrNO3S. The monoisotopic (exact) mass is 341 g/mol. The van der Waals surface area contributed by atoms with Gasteiger partial charge >= 0.3 is 0 Å². The number of phenolic OH excluding ortho intramolecular Hbond substituents is 1. The van der Waals surface area contributed by atoms with Crippen LogP contribution in [0.4, 0.5) is 0 Å². The van der Waals surface area contributed by atoms with Crippen molar-refractivity contribution in [2.75, 3.05) is 0 Å². The van der Waals surface area contributed by atoms with Crippen LogP contribution in [0, 0.1) is 0 Å². The van der Waals surface area contributed by atoms with Gasteiger partial charge in [-0.05, 0) is 35.9 Å². The molecule has 0 heterocycles. The fourth-order valence-electron chi connectivity index (χ4n) is 1.52. The molecule has 19 heavy (non-hydrogen) atoms. The molecule has 0 radical (unpaired) electrons. The van der Waals surface area contributed by atoms with Crippen LogP contribution >= 0.6 is 15.9 Å². The lowest BCUT2D eigenvalue weighted by Crippen LogP contribution is -2.23. The van der Waals surface area contributed by atoms with Crippen molar-refractivity contribution < 1.29 is 13.5 Å². The molecule has 0 saturated carbocycles. The quantitative estimate of drug-likeness (QED) is 0.898. The third-order valence-electron chi connectivity index (χ3n) is 2.56.